The van der Waals surface area contributed by atoms with Crippen LogP contribution in [0.4, 0.5) is 5.82 Å². The number of hydrogen-bond acceptors (Lipinski definition) is 7. The van der Waals surface area contributed by atoms with Crippen molar-refractivity contribution in [2.45, 2.75) is 63.5 Å². The summed E-state index contributed by atoms with van der Waals surface area (Å²) in [5, 5.41) is 13.9. The van der Waals surface area contributed by atoms with Gasteiger partial charge in [-0.05, 0) is 67.2 Å². The Bertz CT molecular complexity index is 1370. The van der Waals surface area contributed by atoms with Crippen molar-refractivity contribution in [3.63, 3.8) is 0 Å². The number of anilines is 1. The summed E-state index contributed by atoms with van der Waals surface area (Å²) in [5.41, 5.74) is 6.46. The second-order valence-electron chi connectivity index (χ2n) is 12.9. The number of nitrogens with zero attached hydrogens (tertiary/aromatic N) is 4. The van der Waals surface area contributed by atoms with Gasteiger partial charge in [0.2, 0.25) is 5.88 Å². The van der Waals surface area contributed by atoms with E-state index in [0.717, 1.165) is 86.3 Å². The van der Waals surface area contributed by atoms with Crippen molar-refractivity contribution in [1.82, 2.24) is 9.97 Å². The number of fused-ring (bicyclic) bond motifs is 1. The lowest BCUT2D eigenvalue weighted by molar-refractivity contribution is -0.922. The number of morpholine rings is 1. The van der Waals surface area contributed by atoms with Crippen LogP contribution in [0.1, 0.15) is 50.3 Å². The normalized spacial score (nSPS) is 22.9. The molecule has 1 unspecified atom stereocenters. The van der Waals surface area contributed by atoms with Crippen molar-refractivity contribution >= 4 is 22.5 Å². The molecule has 2 fully saturated rings. The smallest absolute Gasteiger partial charge is 0.255 e. The Labute approximate surface area is 255 Å². The minimum Gasteiger partial charge on any atom is -0.471 e. The summed E-state index contributed by atoms with van der Waals surface area (Å²) in [6.07, 6.45) is 7.73. The van der Waals surface area contributed by atoms with Crippen molar-refractivity contribution in [1.29, 1.82) is 0 Å². The fourth-order valence-corrected chi connectivity index (χ4v) is 6.88. The van der Waals surface area contributed by atoms with Crippen molar-refractivity contribution in [3.8, 4) is 5.88 Å². The van der Waals surface area contributed by atoms with Crippen molar-refractivity contribution in [2.75, 3.05) is 58.5 Å². The molecule has 2 aromatic heterocycles. The quantitative estimate of drug-likeness (QED) is 0.308. The molecule has 3 N–H and O–H groups in total. The van der Waals surface area contributed by atoms with E-state index in [1.165, 1.54) is 0 Å². The highest BCUT2D eigenvalue weighted by Gasteiger charge is 2.54. The van der Waals surface area contributed by atoms with Gasteiger partial charge in [-0.15, -0.1) is 0 Å². The number of quaternary nitrogens is 1. The van der Waals surface area contributed by atoms with Crippen molar-refractivity contribution in [2.24, 2.45) is 11.7 Å². The van der Waals surface area contributed by atoms with Crippen LogP contribution < -0.4 is 15.4 Å². The zero-order chi connectivity index (χ0) is 30.5. The van der Waals surface area contributed by atoms with Gasteiger partial charge in [-0.2, -0.15) is 0 Å². The molecule has 9 heteroatoms. The standard InChI is InChI=1S/C34H47N5O4/c1-4-5-9-28-22-27-8-6-7-10-29(27)32(37-28)43-20-17-39(2,3)30-13-11-25(23-34(30,41)33(35)40)21-26-12-14-31(36-24-26)38-15-18-42-19-16-38/h6-8,10,12,14,22,24-25,30,41H,4-5,9,11,13,15-21,23H2,1-3H3,(H-,35,40)/p+1/t25?,30-,34-/m0/s1. The van der Waals surface area contributed by atoms with Crippen molar-refractivity contribution in [3.05, 3.63) is 59.9 Å². The summed E-state index contributed by atoms with van der Waals surface area (Å²) in [5.74, 6) is 1.10. The molecule has 0 bridgehead atoms. The van der Waals surface area contributed by atoms with Gasteiger partial charge in [0.25, 0.3) is 5.91 Å². The maximum Gasteiger partial charge on any atom is 0.255 e. The first kappa shape index (κ1) is 31.2. The molecule has 1 aliphatic heterocycles. The Kier molecular flexibility index (Phi) is 9.84. The summed E-state index contributed by atoms with van der Waals surface area (Å²) in [6.45, 7) is 6.34. The molecule has 1 saturated heterocycles. The minimum absolute atomic E-state index is 0.141. The van der Waals surface area contributed by atoms with Crippen LogP contribution >= 0.6 is 0 Å². The number of aryl methyl sites for hydroxylation is 1. The van der Waals surface area contributed by atoms with Gasteiger partial charge in [-0.3, -0.25) is 4.79 Å². The molecule has 43 heavy (non-hydrogen) atoms. The third-order valence-corrected chi connectivity index (χ3v) is 9.39. The van der Waals surface area contributed by atoms with Gasteiger partial charge < -0.3 is 29.7 Å². The third-order valence-electron chi connectivity index (χ3n) is 9.39. The van der Waals surface area contributed by atoms with E-state index in [1.807, 2.05) is 24.4 Å². The molecule has 1 aromatic carbocycles. The molecule has 232 valence electrons. The largest absolute Gasteiger partial charge is 0.471 e. The Hall–Kier alpha value is -3.27. The van der Waals surface area contributed by atoms with Crippen LogP contribution in [0.25, 0.3) is 10.8 Å². The van der Waals surface area contributed by atoms with Crippen LogP contribution in [0.15, 0.2) is 48.7 Å². The molecule has 2 aliphatic rings. The van der Waals surface area contributed by atoms with Crippen LogP contribution in [0.5, 0.6) is 5.88 Å². The third kappa shape index (κ3) is 7.28. The Morgan fingerprint density at radius 3 is 2.70 bits per heavy atom. The average molecular weight is 591 g/mol. The van der Waals surface area contributed by atoms with Crippen molar-refractivity contribution < 1.29 is 23.9 Å². The van der Waals surface area contributed by atoms with E-state index in [-0.39, 0.29) is 12.0 Å². The van der Waals surface area contributed by atoms with Crippen LogP contribution in [-0.4, -0.2) is 90.7 Å². The van der Waals surface area contributed by atoms with E-state index in [1.54, 1.807) is 0 Å². The predicted octanol–water partition coefficient (Wildman–Crippen LogP) is 3.89. The molecule has 1 aliphatic carbocycles. The van der Waals surface area contributed by atoms with Crippen LogP contribution in [0.2, 0.25) is 0 Å². The number of nitrogens with two attached hydrogens (primary N) is 1. The summed E-state index contributed by atoms with van der Waals surface area (Å²) < 4.78 is 12.2. The zero-order valence-corrected chi connectivity index (χ0v) is 26.0. The number of unbranched alkanes of at least 4 members (excludes halogenated alkanes) is 1. The first-order chi connectivity index (χ1) is 20.7. The molecule has 0 spiro atoms. The molecule has 5 rings (SSSR count). The van der Waals surface area contributed by atoms with E-state index in [0.29, 0.717) is 36.4 Å². The molecule has 9 nitrogen and oxygen atoms in total. The summed E-state index contributed by atoms with van der Waals surface area (Å²) in [7, 11) is 4.11. The lowest BCUT2D eigenvalue weighted by atomic mass is 9.71. The van der Waals surface area contributed by atoms with E-state index >= 15 is 0 Å². The molecular formula is C34H48N5O4+. The highest BCUT2D eigenvalue weighted by Crippen LogP contribution is 2.39. The molecule has 3 atom stereocenters. The fraction of sp³-hybridized carbons (Fsp3) is 0.559. The van der Waals surface area contributed by atoms with Gasteiger partial charge in [0.15, 0.2) is 5.60 Å². The number of aliphatic hydroxyl groups is 1. The van der Waals surface area contributed by atoms with E-state index in [9.17, 15) is 9.90 Å². The highest BCUT2D eigenvalue weighted by atomic mass is 16.5. The van der Waals surface area contributed by atoms with Gasteiger partial charge >= 0.3 is 0 Å². The van der Waals surface area contributed by atoms with Gasteiger partial charge in [-0.1, -0.05) is 37.6 Å². The van der Waals surface area contributed by atoms with Crippen LogP contribution in [-0.2, 0) is 22.4 Å². The number of likely N-dealkylation sites (N-methyl/N-ethyl adjacent to an activating group) is 1. The maximum absolute atomic E-state index is 12.8. The van der Waals surface area contributed by atoms with Gasteiger partial charge in [0.1, 0.15) is 25.0 Å². The SMILES string of the molecule is CCCCc1cc2ccccc2c(OCC[N+](C)(C)[C@H]2CCC(Cc3ccc(N4CCOCC4)nc3)C[C@@]2(O)C(N)=O)n1. The number of benzene rings is 1. The van der Waals surface area contributed by atoms with Crippen LogP contribution in [0.3, 0.4) is 0 Å². The Balaban J connectivity index is 1.22. The number of ether oxygens (including phenoxy) is 2. The lowest BCUT2D eigenvalue weighted by Gasteiger charge is -2.49. The monoisotopic (exact) mass is 590 g/mol. The lowest BCUT2D eigenvalue weighted by Crippen LogP contribution is -2.68. The number of aromatic nitrogens is 2. The second kappa shape index (κ2) is 13.6. The number of primary amides is 1. The molecule has 3 aromatic rings. The van der Waals surface area contributed by atoms with E-state index in [4.69, 9.17) is 20.2 Å². The summed E-state index contributed by atoms with van der Waals surface area (Å²) in [4.78, 5) is 24.6. The number of pyridine rings is 2. The average Bonchev–Trinajstić information content (AvgIpc) is 3.00. The number of amides is 1. The first-order valence-electron chi connectivity index (χ1n) is 15.8. The summed E-state index contributed by atoms with van der Waals surface area (Å²) >= 11 is 0. The molecule has 0 radical (unpaired) electrons. The Morgan fingerprint density at radius 1 is 1.19 bits per heavy atom. The zero-order valence-electron chi connectivity index (χ0n) is 26.0. The number of carbonyl (C=O) groups is 1. The second-order valence-corrected chi connectivity index (χ2v) is 12.9. The fourth-order valence-electron chi connectivity index (χ4n) is 6.88. The Morgan fingerprint density at radius 2 is 1.98 bits per heavy atom. The molecule has 1 amide bonds. The van der Waals surface area contributed by atoms with E-state index < -0.39 is 11.5 Å². The topological polar surface area (TPSA) is 111 Å². The maximum atomic E-state index is 12.8. The number of hydrogen-bond donors (Lipinski definition) is 2. The van der Waals surface area contributed by atoms with Gasteiger partial charge in [-0.25, -0.2) is 9.97 Å². The van der Waals surface area contributed by atoms with Gasteiger partial charge in [0.05, 0.1) is 27.3 Å². The van der Waals surface area contributed by atoms with Gasteiger partial charge in [0, 0.05) is 36.8 Å². The predicted molar refractivity (Wildman–Crippen MR) is 169 cm³/mol. The van der Waals surface area contributed by atoms with Crippen LogP contribution in [0, 0.1) is 5.92 Å². The van der Waals surface area contributed by atoms with E-state index in [2.05, 4.69) is 55.2 Å². The number of rotatable bonds is 12. The number of carbonyl (C=O) groups excluding carboxylic acids is 1. The molecular weight excluding hydrogens is 542 g/mol. The highest BCUT2D eigenvalue weighted by molar-refractivity contribution is 5.87. The first-order valence-corrected chi connectivity index (χ1v) is 15.8. The molecule has 3 heterocycles. The minimum atomic E-state index is -1.60. The molecule has 1 saturated carbocycles. The summed E-state index contributed by atoms with van der Waals surface area (Å²) in [6, 6.07) is 14.2.